The minimum Gasteiger partial charge on any atom is -0.394 e. The number of aliphatic hydroxyl groups is 1. The Balaban J connectivity index is 1.92. The zero-order chi connectivity index (χ0) is 13.4. The van der Waals surface area contributed by atoms with E-state index in [0.29, 0.717) is 11.8 Å². The maximum atomic E-state index is 9.58. The van der Waals surface area contributed by atoms with Gasteiger partial charge in [-0.25, -0.2) is 9.97 Å². The van der Waals surface area contributed by atoms with Crippen LogP contribution in [0.25, 0.3) is 0 Å². The standard InChI is InChI=1S/C14H22N4O/c1-9-5-6-18(11(9)8-19)13-7-12(15-2)16-14(17-13)10-3-4-10/h7,9-11,19H,3-6,8H2,1-2H3,(H,15,16,17). The maximum absolute atomic E-state index is 9.58. The molecule has 0 bridgehead atoms. The van der Waals surface area contributed by atoms with Crippen LogP contribution >= 0.6 is 0 Å². The van der Waals surface area contributed by atoms with Crippen molar-refractivity contribution in [1.29, 1.82) is 0 Å². The van der Waals surface area contributed by atoms with Crippen molar-refractivity contribution in [1.82, 2.24) is 9.97 Å². The predicted molar refractivity (Wildman–Crippen MR) is 75.6 cm³/mol. The van der Waals surface area contributed by atoms with E-state index < -0.39 is 0 Å². The highest BCUT2D eigenvalue weighted by atomic mass is 16.3. The lowest BCUT2D eigenvalue weighted by atomic mass is 10.0. The van der Waals surface area contributed by atoms with Crippen LogP contribution in [0.3, 0.4) is 0 Å². The minimum atomic E-state index is 0.187. The normalized spacial score (nSPS) is 26.8. The smallest absolute Gasteiger partial charge is 0.136 e. The number of nitrogens with zero attached hydrogens (tertiary/aromatic N) is 3. The Morgan fingerprint density at radius 1 is 1.37 bits per heavy atom. The second-order valence-corrected chi connectivity index (χ2v) is 5.70. The van der Waals surface area contributed by atoms with Crippen molar-refractivity contribution in [3.8, 4) is 0 Å². The molecule has 1 aliphatic heterocycles. The summed E-state index contributed by atoms with van der Waals surface area (Å²) in [6, 6.07) is 2.18. The van der Waals surface area contributed by atoms with E-state index in [2.05, 4.69) is 22.1 Å². The molecule has 2 aliphatic rings. The largest absolute Gasteiger partial charge is 0.394 e. The van der Waals surface area contributed by atoms with E-state index in [0.717, 1.165) is 30.4 Å². The van der Waals surface area contributed by atoms with Gasteiger partial charge in [0.05, 0.1) is 12.6 Å². The van der Waals surface area contributed by atoms with Crippen LogP contribution in [0.15, 0.2) is 6.07 Å². The lowest BCUT2D eigenvalue weighted by Crippen LogP contribution is -2.36. The van der Waals surface area contributed by atoms with Gasteiger partial charge in [-0.2, -0.15) is 0 Å². The molecule has 1 saturated heterocycles. The van der Waals surface area contributed by atoms with E-state index in [1.807, 2.05) is 13.1 Å². The molecule has 0 amide bonds. The highest BCUT2D eigenvalue weighted by Crippen LogP contribution is 2.39. The first-order valence-electron chi connectivity index (χ1n) is 7.17. The van der Waals surface area contributed by atoms with Gasteiger partial charge in [-0.05, 0) is 25.2 Å². The van der Waals surface area contributed by atoms with Crippen LogP contribution in [0.5, 0.6) is 0 Å². The molecule has 1 saturated carbocycles. The summed E-state index contributed by atoms with van der Waals surface area (Å²) in [5, 5.41) is 12.7. The summed E-state index contributed by atoms with van der Waals surface area (Å²) in [5.74, 6) is 3.85. The topological polar surface area (TPSA) is 61.3 Å². The van der Waals surface area contributed by atoms with Crippen LogP contribution < -0.4 is 10.2 Å². The molecule has 104 valence electrons. The van der Waals surface area contributed by atoms with Gasteiger partial charge in [-0.3, -0.25) is 0 Å². The van der Waals surface area contributed by atoms with Crippen molar-refractivity contribution < 1.29 is 5.11 Å². The highest BCUT2D eigenvalue weighted by molar-refractivity contribution is 5.51. The van der Waals surface area contributed by atoms with Crippen LogP contribution in [-0.4, -0.2) is 41.3 Å². The molecule has 0 radical (unpaired) electrons. The Kier molecular flexibility index (Phi) is 3.31. The third kappa shape index (κ3) is 2.39. The molecule has 3 rings (SSSR count). The molecule has 2 N–H and O–H groups in total. The van der Waals surface area contributed by atoms with E-state index in [1.54, 1.807) is 0 Å². The summed E-state index contributed by atoms with van der Waals surface area (Å²) >= 11 is 0. The Morgan fingerprint density at radius 2 is 2.16 bits per heavy atom. The molecule has 0 spiro atoms. The molecule has 1 aromatic heterocycles. The lowest BCUT2D eigenvalue weighted by molar-refractivity contribution is 0.244. The summed E-state index contributed by atoms with van der Waals surface area (Å²) in [7, 11) is 1.89. The predicted octanol–water partition coefficient (Wildman–Crippen LogP) is 1.60. The summed E-state index contributed by atoms with van der Waals surface area (Å²) < 4.78 is 0. The fourth-order valence-corrected chi connectivity index (χ4v) is 2.82. The van der Waals surface area contributed by atoms with Gasteiger partial charge in [0, 0.05) is 25.6 Å². The molecule has 19 heavy (non-hydrogen) atoms. The molecule has 0 aromatic carbocycles. The number of hydrogen-bond acceptors (Lipinski definition) is 5. The fourth-order valence-electron chi connectivity index (χ4n) is 2.82. The van der Waals surface area contributed by atoms with Crippen molar-refractivity contribution in [2.75, 3.05) is 30.4 Å². The number of aromatic nitrogens is 2. The average Bonchev–Trinajstić information content (AvgIpc) is 3.21. The molecule has 5 heteroatoms. The molecule has 2 unspecified atom stereocenters. The van der Waals surface area contributed by atoms with Gasteiger partial charge in [0.1, 0.15) is 17.5 Å². The van der Waals surface area contributed by atoms with E-state index >= 15 is 0 Å². The molecular weight excluding hydrogens is 240 g/mol. The number of aliphatic hydroxyl groups excluding tert-OH is 1. The highest BCUT2D eigenvalue weighted by Gasteiger charge is 2.33. The van der Waals surface area contributed by atoms with Gasteiger partial charge >= 0.3 is 0 Å². The van der Waals surface area contributed by atoms with Crippen LogP contribution in [0, 0.1) is 5.92 Å². The number of rotatable bonds is 4. The van der Waals surface area contributed by atoms with Crippen LogP contribution in [0.4, 0.5) is 11.6 Å². The Bertz CT molecular complexity index is 461. The van der Waals surface area contributed by atoms with Crippen molar-refractivity contribution >= 4 is 11.6 Å². The SMILES string of the molecule is CNc1cc(N2CCC(C)C2CO)nc(C2CC2)n1. The Morgan fingerprint density at radius 3 is 2.79 bits per heavy atom. The van der Waals surface area contributed by atoms with Gasteiger partial charge in [-0.1, -0.05) is 6.92 Å². The third-order valence-electron chi connectivity index (χ3n) is 4.29. The third-order valence-corrected chi connectivity index (χ3v) is 4.29. The number of hydrogen-bond donors (Lipinski definition) is 2. The van der Waals surface area contributed by atoms with Gasteiger partial charge < -0.3 is 15.3 Å². The lowest BCUT2D eigenvalue weighted by Gasteiger charge is -2.26. The molecule has 5 nitrogen and oxygen atoms in total. The Labute approximate surface area is 114 Å². The van der Waals surface area contributed by atoms with Crippen molar-refractivity contribution in [2.24, 2.45) is 5.92 Å². The van der Waals surface area contributed by atoms with Crippen molar-refractivity contribution in [3.05, 3.63) is 11.9 Å². The first kappa shape index (κ1) is 12.7. The quantitative estimate of drug-likeness (QED) is 0.863. The summed E-state index contributed by atoms with van der Waals surface area (Å²) in [4.78, 5) is 11.5. The van der Waals surface area contributed by atoms with Crippen LogP contribution in [0.1, 0.15) is 37.9 Å². The van der Waals surface area contributed by atoms with E-state index in [9.17, 15) is 5.11 Å². The molecule has 2 heterocycles. The van der Waals surface area contributed by atoms with E-state index in [1.165, 1.54) is 12.8 Å². The number of nitrogens with one attached hydrogen (secondary N) is 1. The number of anilines is 2. The maximum Gasteiger partial charge on any atom is 0.136 e. The first-order valence-corrected chi connectivity index (χ1v) is 7.17. The Hall–Kier alpha value is -1.36. The second kappa shape index (κ2) is 4.96. The van der Waals surface area contributed by atoms with Gasteiger partial charge in [0.15, 0.2) is 0 Å². The minimum absolute atomic E-state index is 0.187. The van der Waals surface area contributed by atoms with E-state index in [-0.39, 0.29) is 12.6 Å². The monoisotopic (exact) mass is 262 g/mol. The zero-order valence-electron chi connectivity index (χ0n) is 11.6. The van der Waals surface area contributed by atoms with Gasteiger partial charge in [0.2, 0.25) is 0 Å². The average molecular weight is 262 g/mol. The fraction of sp³-hybridized carbons (Fsp3) is 0.714. The van der Waals surface area contributed by atoms with Crippen molar-refractivity contribution in [3.63, 3.8) is 0 Å². The molecule has 1 aliphatic carbocycles. The van der Waals surface area contributed by atoms with Gasteiger partial charge in [0.25, 0.3) is 0 Å². The zero-order valence-corrected chi connectivity index (χ0v) is 11.6. The summed E-state index contributed by atoms with van der Waals surface area (Å²) in [6.45, 7) is 3.36. The molecule has 2 atom stereocenters. The molecule has 1 aromatic rings. The van der Waals surface area contributed by atoms with Crippen LogP contribution in [0.2, 0.25) is 0 Å². The van der Waals surface area contributed by atoms with Crippen LogP contribution in [-0.2, 0) is 0 Å². The molecular formula is C14H22N4O. The van der Waals surface area contributed by atoms with Gasteiger partial charge in [-0.15, -0.1) is 0 Å². The second-order valence-electron chi connectivity index (χ2n) is 5.70. The van der Waals surface area contributed by atoms with Crippen molar-refractivity contribution in [2.45, 2.75) is 38.1 Å². The summed E-state index contributed by atoms with van der Waals surface area (Å²) in [5.41, 5.74) is 0. The first-order chi connectivity index (χ1) is 9.22. The summed E-state index contributed by atoms with van der Waals surface area (Å²) in [6.07, 6.45) is 3.52. The van der Waals surface area contributed by atoms with E-state index in [4.69, 9.17) is 4.98 Å². The molecule has 2 fully saturated rings.